The van der Waals surface area contributed by atoms with Crippen LogP contribution >= 0.6 is 34.4 Å². The van der Waals surface area contributed by atoms with E-state index in [0.717, 1.165) is 21.4 Å². The molecule has 0 saturated heterocycles. The van der Waals surface area contributed by atoms with Crippen molar-refractivity contribution < 1.29 is 4.79 Å². The molecule has 0 spiro atoms. The van der Waals surface area contributed by atoms with Gasteiger partial charge in [-0.3, -0.25) is 4.79 Å². The summed E-state index contributed by atoms with van der Waals surface area (Å²) in [7, 11) is 0. The first kappa shape index (κ1) is 19.8. The Balaban J connectivity index is 1.61. The van der Waals surface area contributed by atoms with E-state index in [4.69, 9.17) is 0 Å². The highest BCUT2D eigenvalue weighted by molar-refractivity contribution is 14.1. The molecular weight excluding hydrogens is 473 g/mol. The molecule has 6 nitrogen and oxygen atoms in total. The minimum atomic E-state index is -0.0893. The lowest BCUT2D eigenvalue weighted by Crippen LogP contribution is -2.15. The summed E-state index contributed by atoms with van der Waals surface area (Å²) in [6.45, 7) is 2.19. The maximum absolute atomic E-state index is 12.2. The van der Waals surface area contributed by atoms with E-state index >= 15 is 0 Å². The molecule has 0 saturated carbocycles. The van der Waals surface area contributed by atoms with Crippen LogP contribution in [0.5, 0.6) is 0 Å². The quantitative estimate of drug-likeness (QED) is 0.374. The average Bonchev–Trinajstić information content (AvgIpc) is 3.15. The van der Waals surface area contributed by atoms with Crippen LogP contribution in [-0.2, 0) is 11.2 Å². The lowest BCUT2D eigenvalue weighted by Gasteiger charge is -2.08. The van der Waals surface area contributed by atoms with E-state index in [2.05, 4.69) is 62.5 Å². The van der Waals surface area contributed by atoms with Gasteiger partial charge in [0.2, 0.25) is 11.1 Å². The Bertz CT molecular complexity index is 897. The van der Waals surface area contributed by atoms with Gasteiger partial charge in [0.1, 0.15) is 0 Å². The number of hydrogen-bond donors (Lipinski definition) is 1. The summed E-state index contributed by atoms with van der Waals surface area (Å²) >= 11 is 3.51. The molecule has 0 aliphatic heterocycles. The maximum atomic E-state index is 12.2. The molecule has 1 amide bonds. The summed E-state index contributed by atoms with van der Waals surface area (Å²) < 4.78 is 2.66. The number of tetrazole rings is 1. The molecule has 0 aliphatic carbocycles. The van der Waals surface area contributed by atoms with Crippen LogP contribution in [0.25, 0.3) is 5.69 Å². The number of amides is 1. The number of aryl methyl sites for hydroxylation is 1. The highest BCUT2D eigenvalue weighted by Crippen LogP contribution is 2.21. The van der Waals surface area contributed by atoms with Crippen LogP contribution < -0.4 is 5.32 Å². The van der Waals surface area contributed by atoms with Gasteiger partial charge in [-0.2, -0.15) is 4.68 Å². The largest absolute Gasteiger partial charge is 0.324 e. The Morgan fingerprint density at radius 2 is 1.96 bits per heavy atom. The Morgan fingerprint density at radius 1 is 1.19 bits per heavy atom. The summed E-state index contributed by atoms with van der Waals surface area (Å²) in [4.78, 5) is 12.2. The first-order valence-electron chi connectivity index (χ1n) is 8.72. The Labute approximate surface area is 176 Å². The van der Waals surface area contributed by atoms with E-state index in [9.17, 15) is 4.79 Å². The first-order valence-corrected chi connectivity index (χ1v) is 10.8. The van der Waals surface area contributed by atoms with Crippen molar-refractivity contribution in [1.29, 1.82) is 0 Å². The van der Waals surface area contributed by atoms with Crippen molar-refractivity contribution in [3.05, 3.63) is 57.7 Å². The van der Waals surface area contributed by atoms with E-state index in [1.54, 1.807) is 4.68 Å². The molecule has 0 radical (unpaired) electrons. The van der Waals surface area contributed by atoms with Crippen LogP contribution in [0.15, 0.2) is 53.7 Å². The van der Waals surface area contributed by atoms with Gasteiger partial charge < -0.3 is 5.32 Å². The monoisotopic (exact) mass is 493 g/mol. The molecule has 2 aromatic carbocycles. The van der Waals surface area contributed by atoms with E-state index in [1.807, 2.05) is 36.4 Å². The normalized spacial score (nSPS) is 10.7. The van der Waals surface area contributed by atoms with Gasteiger partial charge in [0.05, 0.1) is 17.1 Å². The zero-order valence-corrected chi connectivity index (χ0v) is 17.9. The topological polar surface area (TPSA) is 72.7 Å². The third-order valence-corrected chi connectivity index (χ3v) is 5.78. The number of para-hydroxylation sites is 1. The second kappa shape index (κ2) is 9.84. The number of hydrogen-bond acceptors (Lipinski definition) is 5. The molecule has 3 aromatic rings. The molecule has 3 rings (SSSR count). The molecule has 1 heterocycles. The third-order valence-electron chi connectivity index (χ3n) is 3.92. The SMILES string of the molecule is CCCCc1ccc(-n2nnnc2SCC(=O)Nc2ccccc2I)cc1. The van der Waals surface area contributed by atoms with E-state index in [1.165, 1.54) is 30.2 Å². The second-order valence-electron chi connectivity index (χ2n) is 5.96. The predicted octanol–water partition coefficient (Wildman–Crippen LogP) is 4.34. The average molecular weight is 493 g/mol. The summed E-state index contributed by atoms with van der Waals surface area (Å²) in [5.41, 5.74) is 3.01. The van der Waals surface area contributed by atoms with E-state index < -0.39 is 0 Å². The van der Waals surface area contributed by atoms with Crippen LogP contribution in [0.2, 0.25) is 0 Å². The number of anilines is 1. The van der Waals surface area contributed by atoms with E-state index in [0.29, 0.717) is 5.16 Å². The number of nitrogens with zero attached hydrogens (tertiary/aromatic N) is 4. The van der Waals surface area contributed by atoms with Crippen LogP contribution in [0, 0.1) is 3.57 Å². The number of carbonyl (C=O) groups excluding carboxylic acids is 1. The van der Waals surface area contributed by atoms with Crippen molar-refractivity contribution in [2.45, 2.75) is 31.3 Å². The second-order valence-corrected chi connectivity index (χ2v) is 8.06. The van der Waals surface area contributed by atoms with E-state index in [-0.39, 0.29) is 11.7 Å². The minimum Gasteiger partial charge on any atom is -0.324 e. The number of nitrogens with one attached hydrogen (secondary N) is 1. The van der Waals surface area contributed by atoms with Crippen LogP contribution in [0.3, 0.4) is 0 Å². The molecule has 0 aliphatic rings. The smallest absolute Gasteiger partial charge is 0.234 e. The Kier molecular flexibility index (Phi) is 7.22. The molecule has 1 aromatic heterocycles. The highest BCUT2D eigenvalue weighted by Gasteiger charge is 2.12. The van der Waals surface area contributed by atoms with Crippen LogP contribution in [0.1, 0.15) is 25.3 Å². The van der Waals surface area contributed by atoms with Gasteiger partial charge in [-0.15, -0.1) is 5.10 Å². The van der Waals surface area contributed by atoms with Gasteiger partial charge in [0.15, 0.2) is 0 Å². The van der Waals surface area contributed by atoms with Gasteiger partial charge >= 0.3 is 0 Å². The fourth-order valence-corrected chi connectivity index (χ4v) is 3.71. The van der Waals surface area contributed by atoms with Gasteiger partial charge in [-0.05, 0) is 75.7 Å². The van der Waals surface area contributed by atoms with Crippen molar-refractivity contribution in [2.75, 3.05) is 11.1 Å². The summed E-state index contributed by atoms with van der Waals surface area (Å²) in [6.07, 6.45) is 3.44. The standard InChI is InChI=1S/C19H20IN5OS/c1-2-3-6-14-9-11-15(12-10-14)25-19(22-23-24-25)27-13-18(26)21-17-8-5-4-7-16(17)20/h4-5,7-12H,2-3,6,13H2,1H3,(H,21,26). The fourth-order valence-electron chi connectivity index (χ4n) is 2.49. The molecule has 1 N–H and O–H groups in total. The van der Waals surface area contributed by atoms with Crippen molar-refractivity contribution >= 4 is 45.9 Å². The predicted molar refractivity (Wildman–Crippen MR) is 116 cm³/mol. The molecule has 8 heteroatoms. The number of aromatic nitrogens is 4. The van der Waals surface area contributed by atoms with Crippen LogP contribution in [0.4, 0.5) is 5.69 Å². The first-order chi connectivity index (χ1) is 13.2. The Morgan fingerprint density at radius 3 is 2.70 bits per heavy atom. The number of unbranched alkanes of at least 4 members (excludes halogenated alkanes) is 1. The van der Waals surface area contributed by atoms with Crippen molar-refractivity contribution in [3.8, 4) is 5.69 Å². The molecule has 27 heavy (non-hydrogen) atoms. The van der Waals surface area contributed by atoms with Gasteiger partial charge in [-0.1, -0.05) is 49.4 Å². The zero-order valence-electron chi connectivity index (χ0n) is 14.9. The lowest BCUT2D eigenvalue weighted by molar-refractivity contribution is -0.113. The summed E-state index contributed by atoms with van der Waals surface area (Å²) in [5.74, 6) is 0.147. The molecule has 0 atom stereocenters. The molecule has 0 bridgehead atoms. The van der Waals surface area contributed by atoms with Crippen molar-refractivity contribution in [3.63, 3.8) is 0 Å². The Hall–Kier alpha value is -1.94. The summed E-state index contributed by atoms with van der Waals surface area (Å²) in [6, 6.07) is 15.9. The minimum absolute atomic E-state index is 0.0893. The molecular formula is C19H20IN5OS. The number of carbonyl (C=O) groups is 1. The molecule has 0 fully saturated rings. The fraction of sp³-hybridized carbons (Fsp3) is 0.263. The number of benzene rings is 2. The number of rotatable bonds is 8. The number of thioether (sulfide) groups is 1. The lowest BCUT2D eigenvalue weighted by atomic mass is 10.1. The highest BCUT2D eigenvalue weighted by atomic mass is 127. The molecule has 140 valence electrons. The molecule has 0 unspecified atom stereocenters. The number of halogens is 1. The van der Waals surface area contributed by atoms with Gasteiger partial charge in [-0.25, -0.2) is 0 Å². The third kappa shape index (κ3) is 5.52. The van der Waals surface area contributed by atoms with Crippen molar-refractivity contribution in [1.82, 2.24) is 20.2 Å². The van der Waals surface area contributed by atoms with Crippen molar-refractivity contribution in [2.24, 2.45) is 0 Å². The van der Waals surface area contributed by atoms with Crippen LogP contribution in [-0.4, -0.2) is 31.9 Å². The van der Waals surface area contributed by atoms with Gasteiger partial charge in [0.25, 0.3) is 0 Å². The maximum Gasteiger partial charge on any atom is 0.234 e. The zero-order chi connectivity index (χ0) is 19.1. The summed E-state index contributed by atoms with van der Waals surface area (Å²) in [5, 5.41) is 15.4. The van der Waals surface area contributed by atoms with Gasteiger partial charge in [0, 0.05) is 3.57 Å².